The Morgan fingerprint density at radius 2 is 1.87 bits per heavy atom. The summed E-state index contributed by atoms with van der Waals surface area (Å²) in [4.78, 5) is 39.7. The second-order valence-electron chi connectivity index (χ2n) is 14.0. The second-order valence-corrected chi connectivity index (χ2v) is 14.3. The molecule has 8 heteroatoms. The Labute approximate surface area is 287 Å². The van der Waals surface area contributed by atoms with Crippen LogP contribution in [0.25, 0.3) is 0 Å². The third-order valence-electron chi connectivity index (χ3n) is 10.7. The van der Waals surface area contributed by atoms with E-state index < -0.39 is 30.1 Å². The molecule has 2 saturated carbocycles. The number of allylic oxidation sites excluding steroid dienone is 4. The predicted molar refractivity (Wildman–Crippen MR) is 190 cm³/mol. The summed E-state index contributed by atoms with van der Waals surface area (Å²) in [7, 11) is 0. The number of ketones is 2. The van der Waals surface area contributed by atoms with E-state index >= 15 is 0 Å². The lowest BCUT2D eigenvalue weighted by Gasteiger charge is -2.56. The molecule has 0 radical (unpaired) electrons. The van der Waals surface area contributed by atoms with Crippen molar-refractivity contribution in [3.05, 3.63) is 53.6 Å². The minimum atomic E-state index is -1.61. The Hall–Kier alpha value is -2.48. The maximum Gasteiger partial charge on any atom is 0.306 e. The number of rotatable bonds is 15. The van der Waals surface area contributed by atoms with Gasteiger partial charge in [-0.2, -0.15) is 0 Å². The zero-order valence-corrected chi connectivity index (χ0v) is 30.2. The molecule has 4 rings (SSSR count). The van der Waals surface area contributed by atoms with Gasteiger partial charge >= 0.3 is 5.97 Å². The van der Waals surface area contributed by atoms with Crippen LogP contribution in [-0.4, -0.2) is 65.0 Å². The lowest BCUT2D eigenvalue weighted by molar-refractivity contribution is -0.154. The fourth-order valence-corrected chi connectivity index (χ4v) is 8.36. The second kappa shape index (κ2) is 17.8. The molecule has 2 N–H and O–H groups in total. The van der Waals surface area contributed by atoms with Crippen molar-refractivity contribution in [3.63, 3.8) is 0 Å². The van der Waals surface area contributed by atoms with Crippen molar-refractivity contribution < 1.29 is 29.3 Å². The Bertz CT molecular complexity index is 1250. The summed E-state index contributed by atoms with van der Waals surface area (Å²) in [6, 6.07) is 8.32. The first kappa shape index (κ1) is 39.0. The molecular formula is C39H58ClNO6. The third-order valence-corrected chi connectivity index (χ3v) is 10.9. The third kappa shape index (κ3) is 9.79. The fourth-order valence-electron chi connectivity index (χ4n) is 8.15. The van der Waals surface area contributed by atoms with E-state index in [2.05, 4.69) is 49.9 Å². The molecule has 0 aromatic heterocycles. The van der Waals surface area contributed by atoms with Crippen LogP contribution >= 0.6 is 11.6 Å². The van der Waals surface area contributed by atoms with E-state index in [-0.39, 0.29) is 47.7 Å². The molecule has 0 bridgehead atoms. The molecule has 7 atom stereocenters. The molecule has 0 heterocycles. The van der Waals surface area contributed by atoms with Gasteiger partial charge in [-0.1, -0.05) is 58.4 Å². The van der Waals surface area contributed by atoms with Crippen LogP contribution in [0.4, 0.5) is 5.69 Å². The summed E-state index contributed by atoms with van der Waals surface area (Å²) in [5.41, 5.74) is 1.41. The summed E-state index contributed by atoms with van der Waals surface area (Å²) < 4.78 is 5.28. The molecule has 0 spiro atoms. The van der Waals surface area contributed by atoms with Gasteiger partial charge in [0.1, 0.15) is 5.60 Å². The van der Waals surface area contributed by atoms with Crippen molar-refractivity contribution in [2.45, 2.75) is 111 Å². The first-order valence-corrected chi connectivity index (χ1v) is 18.4. The van der Waals surface area contributed by atoms with Crippen molar-refractivity contribution in [2.75, 3.05) is 30.5 Å². The number of nitrogens with zero attached hydrogens (tertiary/aromatic N) is 1. The topological polar surface area (TPSA) is 104 Å². The number of halogens is 1. The molecule has 47 heavy (non-hydrogen) atoms. The standard InChI is InChI=1S/C37H52ClNO6.C2H6/c1-5-20-39(21-19-38)28-12-9-26(10-13-28)7-6-8-34(43)45-24-33(42)37(4,44)18-16-30-25(2)22-32(41)35-31(30)14-11-27-23-29(40)15-17-36(27,35)3;1-2/h9-10,12-13,15,17,23,25,30-32,35,41,44H,5-8,11,14,16,18-22,24H2,1-4H3;1-2H3/t25?,30-,31?,32?,35?,36?,37+;/m0./s1. The Balaban J connectivity index is 0.00000294. The van der Waals surface area contributed by atoms with E-state index in [0.717, 1.165) is 55.6 Å². The van der Waals surface area contributed by atoms with Crippen molar-refractivity contribution in [1.29, 1.82) is 0 Å². The number of hydrogen-bond donors (Lipinski definition) is 2. The van der Waals surface area contributed by atoms with Crippen LogP contribution in [0, 0.1) is 29.1 Å². The monoisotopic (exact) mass is 671 g/mol. The molecule has 0 amide bonds. The van der Waals surface area contributed by atoms with Crippen molar-refractivity contribution >= 4 is 34.8 Å². The minimum Gasteiger partial charge on any atom is -0.458 e. The number of Topliss-reactive ketones (excluding diaryl/α,β-unsaturated/α-hetero) is 1. The highest BCUT2D eigenvalue weighted by Crippen LogP contribution is 2.58. The van der Waals surface area contributed by atoms with Gasteiger partial charge in [-0.05, 0) is 106 Å². The normalized spacial score (nSPS) is 27.7. The molecule has 3 aliphatic rings. The molecule has 1 aromatic carbocycles. The van der Waals surface area contributed by atoms with E-state index in [4.69, 9.17) is 16.3 Å². The average molecular weight is 672 g/mol. The highest BCUT2D eigenvalue weighted by atomic mass is 35.5. The van der Waals surface area contributed by atoms with Gasteiger partial charge in [0, 0.05) is 42.4 Å². The first-order chi connectivity index (χ1) is 22.4. The number of alkyl halides is 1. The van der Waals surface area contributed by atoms with E-state index in [0.29, 0.717) is 25.1 Å². The lowest BCUT2D eigenvalue weighted by atomic mass is 9.49. The number of aliphatic hydroxyl groups is 2. The smallest absolute Gasteiger partial charge is 0.306 e. The number of anilines is 1. The van der Waals surface area contributed by atoms with Gasteiger partial charge in [0.2, 0.25) is 5.78 Å². The molecule has 1 aromatic rings. The van der Waals surface area contributed by atoms with E-state index in [1.807, 2.05) is 19.9 Å². The highest BCUT2D eigenvalue weighted by molar-refractivity contribution is 6.18. The number of hydrogen-bond acceptors (Lipinski definition) is 7. The molecule has 5 unspecified atom stereocenters. The number of carbonyl (C=O) groups is 3. The SMILES string of the molecule is CC.CCCN(CCCl)c1ccc(CCCC(=O)OCC(=O)[C@](C)(O)CC[C@H]2C(C)CC(O)C3C2CCC2=CC(=O)C=CC23C)cc1. The number of aliphatic hydroxyl groups excluding tert-OH is 1. The van der Waals surface area contributed by atoms with Gasteiger partial charge in [0.05, 0.1) is 6.10 Å². The number of ether oxygens (including phenoxy) is 1. The summed E-state index contributed by atoms with van der Waals surface area (Å²) in [5.74, 6) is 0.346. The highest BCUT2D eigenvalue weighted by Gasteiger charge is 2.54. The van der Waals surface area contributed by atoms with E-state index in [9.17, 15) is 24.6 Å². The largest absolute Gasteiger partial charge is 0.458 e. The molecule has 2 fully saturated rings. The van der Waals surface area contributed by atoms with Crippen LogP contribution in [0.5, 0.6) is 0 Å². The Morgan fingerprint density at radius 1 is 1.17 bits per heavy atom. The Morgan fingerprint density at radius 3 is 2.53 bits per heavy atom. The molecule has 0 aliphatic heterocycles. The number of esters is 1. The van der Waals surface area contributed by atoms with Crippen LogP contribution in [-0.2, 0) is 25.5 Å². The lowest BCUT2D eigenvalue weighted by Crippen LogP contribution is -2.53. The van der Waals surface area contributed by atoms with Gasteiger partial charge in [-0.15, -0.1) is 11.6 Å². The average Bonchev–Trinajstić information content (AvgIpc) is 3.04. The van der Waals surface area contributed by atoms with Gasteiger partial charge in [0.25, 0.3) is 0 Å². The van der Waals surface area contributed by atoms with Gasteiger partial charge in [0.15, 0.2) is 12.4 Å². The maximum absolute atomic E-state index is 13.0. The number of benzene rings is 1. The fraction of sp³-hybridized carbons (Fsp3) is 0.667. The van der Waals surface area contributed by atoms with Crippen LogP contribution in [0.15, 0.2) is 48.1 Å². The number of fused-ring (bicyclic) bond motifs is 3. The Kier molecular flexibility index (Phi) is 14.7. The quantitative estimate of drug-likeness (QED) is 0.150. The van der Waals surface area contributed by atoms with Crippen molar-refractivity contribution in [3.8, 4) is 0 Å². The zero-order chi connectivity index (χ0) is 34.8. The molecule has 262 valence electrons. The van der Waals surface area contributed by atoms with Gasteiger partial charge in [-0.25, -0.2) is 0 Å². The number of carbonyl (C=O) groups excluding carboxylic acids is 3. The first-order valence-electron chi connectivity index (χ1n) is 17.8. The van der Waals surface area contributed by atoms with Gasteiger partial charge < -0.3 is 19.8 Å². The molecule has 3 aliphatic carbocycles. The summed E-state index contributed by atoms with van der Waals surface area (Å²) in [6.07, 6.45) is 10.7. The molecule has 0 saturated heterocycles. The van der Waals surface area contributed by atoms with Crippen LogP contribution in [0.1, 0.15) is 98.5 Å². The summed E-state index contributed by atoms with van der Waals surface area (Å²) in [6.45, 7) is 13.2. The van der Waals surface area contributed by atoms with Gasteiger partial charge in [-0.3, -0.25) is 14.4 Å². The molecule has 7 nitrogen and oxygen atoms in total. The van der Waals surface area contributed by atoms with E-state index in [1.165, 1.54) is 6.92 Å². The summed E-state index contributed by atoms with van der Waals surface area (Å²) in [5, 5.41) is 22.3. The summed E-state index contributed by atoms with van der Waals surface area (Å²) >= 11 is 5.95. The van der Waals surface area contributed by atoms with Crippen LogP contribution < -0.4 is 4.90 Å². The van der Waals surface area contributed by atoms with Crippen LogP contribution in [0.3, 0.4) is 0 Å². The molecular weight excluding hydrogens is 614 g/mol. The zero-order valence-electron chi connectivity index (χ0n) is 29.5. The maximum atomic E-state index is 13.0. The predicted octanol–water partition coefficient (Wildman–Crippen LogP) is 7.25. The van der Waals surface area contributed by atoms with E-state index in [1.54, 1.807) is 12.2 Å². The van der Waals surface area contributed by atoms with Crippen molar-refractivity contribution in [2.24, 2.45) is 29.1 Å². The minimum absolute atomic E-state index is 0.00534. The van der Waals surface area contributed by atoms with Crippen molar-refractivity contribution in [1.82, 2.24) is 0 Å². The van der Waals surface area contributed by atoms with Crippen LogP contribution in [0.2, 0.25) is 0 Å². The number of aryl methyl sites for hydroxylation is 1.